The predicted molar refractivity (Wildman–Crippen MR) is 103 cm³/mol. The summed E-state index contributed by atoms with van der Waals surface area (Å²) < 4.78 is 0. The third-order valence-electron chi connectivity index (χ3n) is 4.81. The zero-order valence-electron chi connectivity index (χ0n) is 14.9. The number of hydrogen-bond acceptors (Lipinski definition) is 4. The number of carbonyl (C=O) groups excluding carboxylic acids is 1. The highest BCUT2D eigenvalue weighted by atomic mass is 16.1. The van der Waals surface area contributed by atoms with Crippen molar-refractivity contribution in [2.24, 2.45) is 0 Å². The van der Waals surface area contributed by atoms with Gasteiger partial charge in [-0.2, -0.15) is 0 Å². The number of aromatic nitrogens is 3. The smallest absolute Gasteiger partial charge is 0.252 e. The van der Waals surface area contributed by atoms with Gasteiger partial charge in [-0.3, -0.25) is 9.78 Å². The molecular weight excluding hydrogens is 336 g/mol. The highest BCUT2D eigenvalue weighted by Gasteiger charge is 2.48. The normalized spacial score (nSPS) is 14.2. The lowest BCUT2D eigenvalue weighted by molar-refractivity contribution is 0.0928. The number of pyridine rings is 1. The molecule has 5 heteroatoms. The first-order valence-electron chi connectivity index (χ1n) is 8.75. The molecule has 132 valence electrons. The summed E-state index contributed by atoms with van der Waals surface area (Å²) in [7, 11) is 0. The Morgan fingerprint density at radius 2 is 1.81 bits per heavy atom. The third kappa shape index (κ3) is 3.30. The second kappa shape index (κ2) is 6.65. The highest BCUT2D eigenvalue weighted by molar-refractivity contribution is 5.95. The fraction of sp³-hybridized carbons (Fsp3) is 0.182. The van der Waals surface area contributed by atoms with Crippen molar-refractivity contribution >= 4 is 5.91 Å². The van der Waals surface area contributed by atoms with Gasteiger partial charge in [-0.1, -0.05) is 12.0 Å². The Bertz CT molecular complexity index is 1030. The topological polar surface area (TPSA) is 67.8 Å². The lowest BCUT2D eigenvalue weighted by atomic mass is 10.1. The van der Waals surface area contributed by atoms with Crippen LogP contribution in [0.3, 0.4) is 0 Å². The second-order valence-corrected chi connectivity index (χ2v) is 6.69. The summed E-state index contributed by atoms with van der Waals surface area (Å²) in [6.45, 7) is 1.96. The van der Waals surface area contributed by atoms with Crippen LogP contribution in [0.25, 0.3) is 11.1 Å². The average Bonchev–Trinajstić information content (AvgIpc) is 3.49. The predicted octanol–water partition coefficient (Wildman–Crippen LogP) is 3.25. The quantitative estimate of drug-likeness (QED) is 0.731. The summed E-state index contributed by atoms with van der Waals surface area (Å²) in [5, 5.41) is 3.08. The van der Waals surface area contributed by atoms with Crippen molar-refractivity contribution in [3.63, 3.8) is 0 Å². The Morgan fingerprint density at radius 1 is 1.11 bits per heavy atom. The molecule has 2 heterocycles. The summed E-state index contributed by atoms with van der Waals surface area (Å²) in [5.41, 5.74) is 3.69. The highest BCUT2D eigenvalue weighted by Crippen LogP contribution is 2.44. The van der Waals surface area contributed by atoms with Gasteiger partial charge in [0.15, 0.2) is 5.82 Å². The van der Waals surface area contributed by atoms with Gasteiger partial charge >= 0.3 is 0 Å². The Balaban J connectivity index is 1.53. The van der Waals surface area contributed by atoms with Crippen molar-refractivity contribution in [1.82, 2.24) is 20.3 Å². The van der Waals surface area contributed by atoms with E-state index in [2.05, 4.69) is 26.2 Å². The molecule has 1 N–H and O–H groups in total. The lowest BCUT2D eigenvalue weighted by Crippen LogP contribution is -2.36. The number of carbonyl (C=O) groups is 1. The third-order valence-corrected chi connectivity index (χ3v) is 4.81. The van der Waals surface area contributed by atoms with Crippen molar-refractivity contribution < 1.29 is 4.79 Å². The van der Waals surface area contributed by atoms with Crippen LogP contribution in [0.2, 0.25) is 0 Å². The first-order valence-corrected chi connectivity index (χ1v) is 8.75. The molecule has 27 heavy (non-hydrogen) atoms. The van der Waals surface area contributed by atoms with Crippen LogP contribution in [0.4, 0.5) is 0 Å². The maximum atomic E-state index is 12.6. The minimum Gasteiger partial charge on any atom is -0.339 e. The second-order valence-electron chi connectivity index (χ2n) is 6.69. The summed E-state index contributed by atoms with van der Waals surface area (Å²) in [6.07, 6.45) is 12.4. The molecule has 0 bridgehead atoms. The number of benzene rings is 1. The Hall–Kier alpha value is -3.52. The molecule has 0 spiro atoms. The number of nitrogens with zero attached hydrogens (tertiary/aromatic N) is 3. The molecule has 0 saturated heterocycles. The minimum atomic E-state index is -0.482. The summed E-state index contributed by atoms with van der Waals surface area (Å²) in [5.74, 6) is 3.04. The van der Waals surface area contributed by atoms with Crippen LogP contribution < -0.4 is 5.32 Å². The molecule has 2 aromatic heterocycles. The molecule has 1 saturated carbocycles. The van der Waals surface area contributed by atoms with Gasteiger partial charge in [-0.15, -0.1) is 6.42 Å². The van der Waals surface area contributed by atoms with Gasteiger partial charge in [0.25, 0.3) is 5.91 Å². The van der Waals surface area contributed by atoms with Crippen molar-refractivity contribution in [3.05, 3.63) is 77.6 Å². The summed E-state index contributed by atoms with van der Waals surface area (Å²) in [4.78, 5) is 25.9. The SMILES string of the molecule is C#Cc1ccc(C(=O)NC2(c3ncc(-c4cccnc4C)cn3)CC2)cc1. The van der Waals surface area contributed by atoms with Crippen molar-refractivity contribution in [1.29, 1.82) is 0 Å². The first-order chi connectivity index (χ1) is 13.1. The van der Waals surface area contributed by atoms with Crippen LogP contribution in [-0.2, 0) is 5.54 Å². The maximum absolute atomic E-state index is 12.6. The molecule has 0 unspecified atom stereocenters. The van der Waals surface area contributed by atoms with E-state index in [1.807, 2.05) is 19.1 Å². The van der Waals surface area contributed by atoms with Crippen molar-refractivity contribution in [2.75, 3.05) is 0 Å². The molecule has 0 aliphatic heterocycles. The van der Waals surface area contributed by atoms with E-state index in [0.717, 1.165) is 35.2 Å². The van der Waals surface area contributed by atoms with Crippen molar-refractivity contribution in [2.45, 2.75) is 25.3 Å². The summed E-state index contributed by atoms with van der Waals surface area (Å²) >= 11 is 0. The molecule has 1 aromatic carbocycles. The van der Waals surface area contributed by atoms with E-state index in [-0.39, 0.29) is 5.91 Å². The zero-order valence-corrected chi connectivity index (χ0v) is 14.9. The van der Waals surface area contributed by atoms with Crippen molar-refractivity contribution in [3.8, 4) is 23.5 Å². The van der Waals surface area contributed by atoms with E-state index in [1.165, 1.54) is 0 Å². The maximum Gasteiger partial charge on any atom is 0.252 e. The van der Waals surface area contributed by atoms with Crippen LogP contribution in [-0.4, -0.2) is 20.9 Å². The molecule has 4 rings (SSSR count). The molecule has 1 aliphatic rings. The number of terminal acetylenes is 1. The summed E-state index contributed by atoms with van der Waals surface area (Å²) in [6, 6.07) is 10.9. The average molecular weight is 354 g/mol. The van der Waals surface area contributed by atoms with E-state index >= 15 is 0 Å². The van der Waals surface area contributed by atoms with Gasteiger partial charge in [0.1, 0.15) is 5.54 Å². The van der Waals surface area contributed by atoms with Crippen LogP contribution in [0.5, 0.6) is 0 Å². The van der Waals surface area contributed by atoms with E-state index < -0.39 is 5.54 Å². The molecular formula is C22H18N4O. The molecule has 5 nitrogen and oxygen atoms in total. The molecule has 1 aliphatic carbocycles. The number of hydrogen-bond donors (Lipinski definition) is 1. The Morgan fingerprint density at radius 3 is 2.41 bits per heavy atom. The van der Waals surface area contributed by atoms with E-state index in [4.69, 9.17) is 6.42 Å². The van der Waals surface area contributed by atoms with Gasteiger partial charge in [0, 0.05) is 46.5 Å². The molecule has 1 fully saturated rings. The van der Waals surface area contributed by atoms with Gasteiger partial charge in [-0.25, -0.2) is 9.97 Å². The van der Waals surface area contributed by atoms with Gasteiger partial charge in [-0.05, 0) is 50.1 Å². The monoisotopic (exact) mass is 354 g/mol. The largest absolute Gasteiger partial charge is 0.339 e. The number of aryl methyl sites for hydroxylation is 1. The van der Waals surface area contributed by atoms with Crippen LogP contribution in [0.15, 0.2) is 55.0 Å². The van der Waals surface area contributed by atoms with Crippen LogP contribution in [0.1, 0.15) is 40.3 Å². The zero-order chi connectivity index (χ0) is 18.9. The lowest BCUT2D eigenvalue weighted by Gasteiger charge is -2.16. The van der Waals surface area contributed by atoms with E-state index in [0.29, 0.717) is 11.4 Å². The molecule has 1 amide bonds. The van der Waals surface area contributed by atoms with Gasteiger partial charge in [0.05, 0.1) is 0 Å². The van der Waals surface area contributed by atoms with Gasteiger partial charge < -0.3 is 5.32 Å². The standard InChI is InChI=1S/C22H18N4O/c1-3-16-6-8-17(9-7-16)20(27)26-22(10-11-22)21-24-13-18(14-25-21)19-5-4-12-23-15(19)2/h1,4-9,12-14H,10-11H2,2H3,(H,26,27). The van der Waals surface area contributed by atoms with Gasteiger partial charge in [0.2, 0.25) is 0 Å². The molecule has 0 radical (unpaired) electrons. The van der Waals surface area contributed by atoms with E-state index in [1.54, 1.807) is 42.9 Å². The molecule has 3 aromatic rings. The van der Waals surface area contributed by atoms with Crippen LogP contribution >= 0.6 is 0 Å². The fourth-order valence-electron chi connectivity index (χ4n) is 3.04. The number of amides is 1. The number of rotatable bonds is 4. The fourth-order valence-corrected chi connectivity index (χ4v) is 3.04. The number of nitrogens with one attached hydrogen (secondary N) is 1. The minimum absolute atomic E-state index is 0.146. The Labute approximate surface area is 157 Å². The van der Waals surface area contributed by atoms with E-state index in [9.17, 15) is 4.79 Å². The first kappa shape index (κ1) is 16.9. The molecule has 0 atom stereocenters. The Kier molecular flexibility index (Phi) is 4.17. The van der Waals surface area contributed by atoms with Crippen LogP contribution in [0, 0.1) is 19.3 Å².